The van der Waals surface area contributed by atoms with Gasteiger partial charge in [0.15, 0.2) is 0 Å². The summed E-state index contributed by atoms with van der Waals surface area (Å²) in [6.45, 7) is -0.154. The first-order chi connectivity index (χ1) is 7.08. The first kappa shape index (κ1) is 11.0. The molecule has 0 unspecified atom stereocenters. The molecule has 0 aliphatic carbocycles. The van der Waals surface area contributed by atoms with Crippen molar-refractivity contribution in [1.82, 2.24) is 0 Å². The molecule has 0 saturated carbocycles. The van der Waals surface area contributed by atoms with Crippen LogP contribution in [0.3, 0.4) is 0 Å². The maximum absolute atomic E-state index is 10.4. The monoisotopic (exact) mass is 209 g/mol. The van der Waals surface area contributed by atoms with Crippen molar-refractivity contribution >= 4 is 17.6 Å². The van der Waals surface area contributed by atoms with Crippen molar-refractivity contribution in [2.75, 3.05) is 11.9 Å². The van der Waals surface area contributed by atoms with Crippen molar-refractivity contribution in [2.24, 2.45) is 0 Å². The summed E-state index contributed by atoms with van der Waals surface area (Å²) >= 11 is 0. The van der Waals surface area contributed by atoms with Gasteiger partial charge in [-0.25, -0.2) is 0 Å². The highest BCUT2D eigenvalue weighted by molar-refractivity contribution is 5.73. The lowest BCUT2D eigenvalue weighted by molar-refractivity contribution is -0.136. The lowest BCUT2D eigenvalue weighted by Crippen LogP contribution is -2.12. The minimum absolute atomic E-state index is 0.0286. The van der Waals surface area contributed by atoms with Crippen LogP contribution < -0.4 is 5.32 Å². The molecule has 0 bridgehead atoms. The van der Waals surface area contributed by atoms with Crippen LogP contribution >= 0.6 is 0 Å². The molecule has 0 aliphatic heterocycles. The van der Waals surface area contributed by atoms with Gasteiger partial charge in [-0.3, -0.25) is 9.59 Å². The van der Waals surface area contributed by atoms with Crippen molar-refractivity contribution in [3.05, 3.63) is 29.8 Å². The Hall–Kier alpha value is -2.04. The predicted molar refractivity (Wildman–Crippen MR) is 53.9 cm³/mol. The van der Waals surface area contributed by atoms with Crippen molar-refractivity contribution in [3.63, 3.8) is 0 Å². The van der Waals surface area contributed by atoms with Crippen molar-refractivity contribution in [1.29, 1.82) is 0 Å². The van der Waals surface area contributed by atoms with Crippen LogP contribution in [0.2, 0.25) is 0 Å². The Balaban J connectivity index is 2.56. The summed E-state index contributed by atoms with van der Waals surface area (Å²) < 4.78 is 0. The normalized spacial score (nSPS) is 9.60. The van der Waals surface area contributed by atoms with Crippen molar-refractivity contribution < 1.29 is 19.8 Å². The topological polar surface area (TPSA) is 86.6 Å². The van der Waals surface area contributed by atoms with Gasteiger partial charge in [0, 0.05) is 5.69 Å². The Morgan fingerprint density at radius 3 is 2.13 bits per heavy atom. The molecule has 0 atom stereocenters. The maximum Gasteiger partial charge on any atom is 0.322 e. The van der Waals surface area contributed by atoms with Gasteiger partial charge in [-0.05, 0) is 17.7 Å². The smallest absolute Gasteiger partial charge is 0.322 e. The molecule has 0 saturated heterocycles. The zero-order chi connectivity index (χ0) is 11.3. The summed E-state index contributed by atoms with van der Waals surface area (Å²) in [6, 6.07) is 6.61. The Labute approximate surface area is 86.4 Å². The molecule has 0 aliphatic rings. The van der Waals surface area contributed by atoms with Crippen molar-refractivity contribution in [3.8, 4) is 0 Å². The molecular formula is C10H11NO4. The second-order valence-corrected chi connectivity index (χ2v) is 3.01. The molecule has 5 nitrogen and oxygen atoms in total. The molecule has 0 aromatic heterocycles. The Morgan fingerprint density at radius 2 is 1.67 bits per heavy atom. The summed E-state index contributed by atoms with van der Waals surface area (Å²) in [4.78, 5) is 20.6. The number of anilines is 1. The van der Waals surface area contributed by atoms with E-state index < -0.39 is 11.9 Å². The van der Waals surface area contributed by atoms with Crippen LogP contribution in [-0.4, -0.2) is 28.7 Å². The number of benzene rings is 1. The van der Waals surface area contributed by atoms with Crippen LogP contribution in [0.4, 0.5) is 5.69 Å². The summed E-state index contributed by atoms with van der Waals surface area (Å²) in [6.07, 6.45) is -0.0286. The van der Waals surface area contributed by atoms with Gasteiger partial charge in [0.25, 0.3) is 0 Å². The third kappa shape index (κ3) is 4.12. The third-order valence-electron chi connectivity index (χ3n) is 1.75. The largest absolute Gasteiger partial charge is 0.481 e. The van der Waals surface area contributed by atoms with E-state index in [1.54, 1.807) is 24.3 Å². The zero-order valence-electron chi connectivity index (χ0n) is 7.93. The standard InChI is InChI=1S/C10H11NO4/c12-9(13)5-7-1-3-8(4-2-7)11-6-10(14)15/h1-4,11H,5-6H2,(H,12,13)(H,14,15). The number of carboxylic acids is 2. The summed E-state index contributed by atoms with van der Waals surface area (Å²) in [7, 11) is 0. The third-order valence-corrected chi connectivity index (χ3v) is 1.75. The van der Waals surface area contributed by atoms with Gasteiger partial charge in [-0.2, -0.15) is 0 Å². The first-order valence-corrected chi connectivity index (χ1v) is 4.34. The van der Waals surface area contributed by atoms with E-state index in [4.69, 9.17) is 10.2 Å². The number of rotatable bonds is 5. The fourth-order valence-corrected chi connectivity index (χ4v) is 1.09. The minimum Gasteiger partial charge on any atom is -0.481 e. The van der Waals surface area contributed by atoms with E-state index in [0.29, 0.717) is 11.3 Å². The van der Waals surface area contributed by atoms with Gasteiger partial charge < -0.3 is 15.5 Å². The second kappa shape index (κ2) is 4.99. The number of nitrogens with one attached hydrogen (secondary N) is 1. The van der Waals surface area contributed by atoms with Gasteiger partial charge in [-0.1, -0.05) is 12.1 Å². The molecule has 5 heteroatoms. The molecule has 0 spiro atoms. The van der Waals surface area contributed by atoms with Gasteiger partial charge in [-0.15, -0.1) is 0 Å². The highest BCUT2D eigenvalue weighted by atomic mass is 16.4. The highest BCUT2D eigenvalue weighted by Gasteiger charge is 2.00. The molecular weight excluding hydrogens is 198 g/mol. The van der Waals surface area contributed by atoms with Crippen LogP contribution in [0.1, 0.15) is 5.56 Å². The molecule has 3 N–H and O–H groups in total. The number of carbonyl (C=O) groups is 2. The number of aliphatic carboxylic acids is 2. The maximum atomic E-state index is 10.4. The molecule has 0 radical (unpaired) electrons. The number of hydrogen-bond acceptors (Lipinski definition) is 3. The second-order valence-electron chi connectivity index (χ2n) is 3.01. The van der Waals surface area contributed by atoms with Crippen LogP contribution in [0.15, 0.2) is 24.3 Å². The molecule has 15 heavy (non-hydrogen) atoms. The Kier molecular flexibility index (Phi) is 3.68. The van der Waals surface area contributed by atoms with E-state index in [0.717, 1.165) is 0 Å². The average Bonchev–Trinajstić information content (AvgIpc) is 2.16. The molecule has 1 aromatic carbocycles. The lowest BCUT2D eigenvalue weighted by Gasteiger charge is -2.03. The van der Waals surface area contributed by atoms with Crippen LogP contribution in [0, 0.1) is 0 Å². The molecule has 0 fully saturated rings. The van der Waals surface area contributed by atoms with Crippen LogP contribution in [0.25, 0.3) is 0 Å². The van der Waals surface area contributed by atoms with Crippen LogP contribution in [-0.2, 0) is 16.0 Å². The van der Waals surface area contributed by atoms with Gasteiger partial charge in [0.2, 0.25) is 0 Å². The Morgan fingerprint density at radius 1 is 1.07 bits per heavy atom. The van der Waals surface area contributed by atoms with E-state index in [9.17, 15) is 9.59 Å². The summed E-state index contributed by atoms with van der Waals surface area (Å²) in [5.74, 6) is -1.83. The predicted octanol–water partition coefficient (Wildman–Crippen LogP) is 0.810. The van der Waals surface area contributed by atoms with E-state index in [-0.39, 0.29) is 13.0 Å². The van der Waals surface area contributed by atoms with Gasteiger partial charge in [0.05, 0.1) is 6.42 Å². The number of carboxylic acid groups (broad SMARTS) is 2. The van der Waals surface area contributed by atoms with Crippen LogP contribution in [0.5, 0.6) is 0 Å². The van der Waals surface area contributed by atoms with E-state index in [1.807, 2.05) is 0 Å². The zero-order valence-corrected chi connectivity index (χ0v) is 7.93. The molecule has 80 valence electrons. The van der Waals surface area contributed by atoms with E-state index in [1.165, 1.54) is 0 Å². The summed E-state index contributed by atoms with van der Waals surface area (Å²) in [5, 5.41) is 19.6. The van der Waals surface area contributed by atoms with Crippen molar-refractivity contribution in [2.45, 2.75) is 6.42 Å². The minimum atomic E-state index is -0.940. The summed E-state index contributed by atoms with van der Waals surface area (Å²) in [5.41, 5.74) is 1.34. The van der Waals surface area contributed by atoms with Gasteiger partial charge in [0.1, 0.15) is 6.54 Å². The number of hydrogen-bond donors (Lipinski definition) is 3. The highest BCUT2D eigenvalue weighted by Crippen LogP contribution is 2.09. The first-order valence-electron chi connectivity index (χ1n) is 4.34. The SMILES string of the molecule is O=C(O)CNc1ccc(CC(=O)O)cc1. The lowest BCUT2D eigenvalue weighted by atomic mass is 10.1. The molecule has 1 rings (SSSR count). The average molecular weight is 209 g/mol. The molecule has 1 aromatic rings. The van der Waals surface area contributed by atoms with E-state index >= 15 is 0 Å². The quantitative estimate of drug-likeness (QED) is 0.668. The van der Waals surface area contributed by atoms with E-state index in [2.05, 4.69) is 5.32 Å². The Bertz CT molecular complexity index is 358. The fraction of sp³-hybridized carbons (Fsp3) is 0.200. The van der Waals surface area contributed by atoms with Gasteiger partial charge >= 0.3 is 11.9 Å². The molecule has 0 amide bonds. The molecule has 0 heterocycles. The fourth-order valence-electron chi connectivity index (χ4n) is 1.09.